The Kier molecular flexibility index (Phi) is 1.19. The van der Waals surface area contributed by atoms with Crippen LogP contribution in [0.5, 0.6) is 0 Å². The number of carbonyl (C=O) groups is 2. The van der Waals surface area contributed by atoms with E-state index >= 15 is 0 Å². The number of carbonyl (C=O) groups excluding carboxylic acids is 2. The number of hydrogen-bond donors (Lipinski definition) is 2. The predicted molar refractivity (Wildman–Crippen MR) is 37.5 cm³/mol. The molecular weight excluding hydrogens is 144 g/mol. The lowest BCUT2D eigenvalue weighted by Gasteiger charge is -2.45. The second-order valence-electron chi connectivity index (χ2n) is 3.21. The number of hydrogen-bond acceptors (Lipinski definition) is 2. The summed E-state index contributed by atoms with van der Waals surface area (Å²) >= 11 is 0. The van der Waals surface area contributed by atoms with Crippen LogP contribution in [0, 0.1) is 0 Å². The molecule has 1 aliphatic heterocycles. The molecule has 2 N–H and O–H groups in total. The molecular formula is C7H10N2O2. The molecule has 0 aromatic rings. The molecule has 0 bridgehead atoms. The molecule has 1 saturated carbocycles. The van der Waals surface area contributed by atoms with Crippen LogP contribution in [-0.2, 0) is 9.59 Å². The average Bonchev–Trinajstić information content (AvgIpc) is 1.82. The average molecular weight is 154 g/mol. The van der Waals surface area contributed by atoms with E-state index in [1.165, 1.54) is 0 Å². The third kappa shape index (κ3) is 0.982. The zero-order chi connectivity index (χ0) is 7.90. The minimum Gasteiger partial charge on any atom is -0.333 e. The fraction of sp³-hybridized carbons (Fsp3) is 0.714. The van der Waals surface area contributed by atoms with E-state index in [2.05, 4.69) is 10.6 Å². The van der Waals surface area contributed by atoms with Crippen molar-refractivity contribution in [3.63, 3.8) is 0 Å². The highest BCUT2D eigenvalue weighted by atomic mass is 16.2. The third-order valence-corrected chi connectivity index (χ3v) is 2.29. The van der Waals surface area contributed by atoms with Gasteiger partial charge >= 0.3 is 0 Å². The normalized spacial score (nSPS) is 27.3. The van der Waals surface area contributed by atoms with Gasteiger partial charge in [-0.15, -0.1) is 0 Å². The Balaban J connectivity index is 2.12. The highest BCUT2D eigenvalue weighted by Gasteiger charge is 2.42. The number of nitrogens with one attached hydrogen (secondary N) is 2. The molecule has 2 rings (SSSR count). The molecule has 11 heavy (non-hydrogen) atoms. The lowest BCUT2D eigenvalue weighted by Crippen LogP contribution is -2.68. The summed E-state index contributed by atoms with van der Waals surface area (Å²) in [5.74, 6) is -0.290. The van der Waals surface area contributed by atoms with E-state index in [1.54, 1.807) is 0 Å². The molecule has 0 unspecified atom stereocenters. The van der Waals surface area contributed by atoms with Crippen molar-refractivity contribution in [3.8, 4) is 0 Å². The Hall–Kier alpha value is -1.06. The van der Waals surface area contributed by atoms with E-state index in [4.69, 9.17) is 0 Å². The Labute approximate surface area is 64.3 Å². The molecule has 4 nitrogen and oxygen atoms in total. The molecule has 60 valence electrons. The van der Waals surface area contributed by atoms with Crippen LogP contribution in [0.4, 0.5) is 0 Å². The zero-order valence-corrected chi connectivity index (χ0v) is 6.14. The first kappa shape index (κ1) is 6.64. The maximum absolute atomic E-state index is 10.9. The van der Waals surface area contributed by atoms with Crippen LogP contribution in [0.25, 0.3) is 0 Å². The van der Waals surface area contributed by atoms with E-state index in [0.717, 1.165) is 19.3 Å². The summed E-state index contributed by atoms with van der Waals surface area (Å²) in [6.07, 6.45) is 2.83. The van der Waals surface area contributed by atoms with Gasteiger partial charge in [0.15, 0.2) is 0 Å². The van der Waals surface area contributed by atoms with Crippen LogP contribution in [0.2, 0.25) is 0 Å². The fourth-order valence-corrected chi connectivity index (χ4v) is 1.58. The predicted octanol–water partition coefficient (Wildman–Crippen LogP) is -0.497. The second kappa shape index (κ2) is 1.96. The number of rotatable bonds is 0. The summed E-state index contributed by atoms with van der Waals surface area (Å²) in [6.45, 7) is 0. The standard InChI is InChI=1S/C7H10N2O2/c10-5-4-6(11)9-7(8-5)2-1-3-7/h1-4H2,(H,8,10)(H,9,11). The third-order valence-electron chi connectivity index (χ3n) is 2.29. The lowest BCUT2D eigenvalue weighted by molar-refractivity contribution is -0.139. The largest absolute Gasteiger partial charge is 0.333 e. The first-order valence-corrected chi connectivity index (χ1v) is 3.82. The van der Waals surface area contributed by atoms with Gasteiger partial charge in [-0.25, -0.2) is 0 Å². The summed E-state index contributed by atoms with van der Waals surface area (Å²) in [6, 6.07) is 0. The molecule has 0 aromatic heterocycles. The summed E-state index contributed by atoms with van der Waals surface area (Å²) in [5, 5.41) is 5.58. The quantitative estimate of drug-likeness (QED) is 0.462. The lowest BCUT2D eigenvalue weighted by atomic mass is 9.83. The molecule has 0 radical (unpaired) electrons. The minimum absolute atomic E-state index is 0.0122. The van der Waals surface area contributed by atoms with Crippen molar-refractivity contribution in [2.45, 2.75) is 31.3 Å². The van der Waals surface area contributed by atoms with Crippen molar-refractivity contribution in [3.05, 3.63) is 0 Å². The molecule has 2 fully saturated rings. The van der Waals surface area contributed by atoms with Crippen molar-refractivity contribution in [2.24, 2.45) is 0 Å². The summed E-state index contributed by atoms with van der Waals surface area (Å²) < 4.78 is 0. The molecule has 0 atom stereocenters. The zero-order valence-electron chi connectivity index (χ0n) is 6.14. The SMILES string of the molecule is O=C1CC(=O)NC2(CCC2)N1. The maximum atomic E-state index is 10.9. The van der Waals surface area contributed by atoms with Crippen LogP contribution in [0.3, 0.4) is 0 Å². The van der Waals surface area contributed by atoms with Crippen LogP contribution in [0.1, 0.15) is 25.7 Å². The molecule has 2 amide bonds. The number of amides is 2. The van der Waals surface area contributed by atoms with Crippen LogP contribution in [-0.4, -0.2) is 17.5 Å². The Morgan fingerprint density at radius 2 is 1.64 bits per heavy atom. The molecule has 0 aromatic carbocycles. The molecule has 1 heterocycles. The van der Waals surface area contributed by atoms with Gasteiger partial charge in [0, 0.05) is 0 Å². The van der Waals surface area contributed by atoms with Crippen LogP contribution >= 0.6 is 0 Å². The van der Waals surface area contributed by atoms with Gasteiger partial charge in [-0.3, -0.25) is 9.59 Å². The highest BCUT2D eigenvalue weighted by Crippen LogP contribution is 2.30. The van der Waals surface area contributed by atoms with Gasteiger partial charge in [-0.1, -0.05) is 0 Å². The van der Waals surface area contributed by atoms with Crippen molar-refractivity contribution >= 4 is 11.8 Å². The molecule has 2 aliphatic rings. The van der Waals surface area contributed by atoms with E-state index in [-0.39, 0.29) is 23.9 Å². The Bertz CT molecular complexity index is 202. The van der Waals surface area contributed by atoms with Crippen LogP contribution < -0.4 is 10.6 Å². The van der Waals surface area contributed by atoms with Gasteiger partial charge < -0.3 is 10.6 Å². The van der Waals surface area contributed by atoms with Gasteiger partial charge in [-0.2, -0.15) is 0 Å². The van der Waals surface area contributed by atoms with Crippen molar-refractivity contribution in [1.29, 1.82) is 0 Å². The topological polar surface area (TPSA) is 58.2 Å². The Morgan fingerprint density at radius 3 is 2.00 bits per heavy atom. The van der Waals surface area contributed by atoms with Gasteiger partial charge in [0.25, 0.3) is 0 Å². The van der Waals surface area contributed by atoms with Crippen LogP contribution in [0.15, 0.2) is 0 Å². The summed E-state index contributed by atoms with van der Waals surface area (Å²) in [5.41, 5.74) is -0.355. The van der Waals surface area contributed by atoms with Gasteiger partial charge in [0.2, 0.25) is 11.8 Å². The Morgan fingerprint density at radius 1 is 1.09 bits per heavy atom. The van der Waals surface area contributed by atoms with Crippen molar-refractivity contribution in [1.82, 2.24) is 10.6 Å². The van der Waals surface area contributed by atoms with Gasteiger partial charge in [-0.05, 0) is 19.3 Å². The molecule has 1 spiro atoms. The molecule has 1 aliphatic carbocycles. The smallest absolute Gasteiger partial charge is 0.231 e. The van der Waals surface area contributed by atoms with E-state index < -0.39 is 0 Å². The fourth-order valence-electron chi connectivity index (χ4n) is 1.58. The van der Waals surface area contributed by atoms with E-state index in [0.29, 0.717) is 0 Å². The highest BCUT2D eigenvalue weighted by molar-refractivity contribution is 6.00. The first-order valence-electron chi connectivity index (χ1n) is 3.82. The molecule has 4 heteroatoms. The van der Waals surface area contributed by atoms with Crippen molar-refractivity contribution < 1.29 is 9.59 Å². The maximum Gasteiger partial charge on any atom is 0.231 e. The van der Waals surface area contributed by atoms with Gasteiger partial charge in [0.1, 0.15) is 12.1 Å². The second-order valence-corrected chi connectivity index (χ2v) is 3.21. The monoisotopic (exact) mass is 154 g/mol. The first-order chi connectivity index (χ1) is 5.20. The minimum atomic E-state index is -0.355. The summed E-state index contributed by atoms with van der Waals surface area (Å²) in [4.78, 5) is 21.8. The van der Waals surface area contributed by atoms with E-state index in [9.17, 15) is 9.59 Å². The van der Waals surface area contributed by atoms with E-state index in [1.807, 2.05) is 0 Å². The molecule has 1 saturated heterocycles. The van der Waals surface area contributed by atoms with Crippen molar-refractivity contribution in [2.75, 3.05) is 0 Å². The summed E-state index contributed by atoms with van der Waals surface area (Å²) in [7, 11) is 0. The van der Waals surface area contributed by atoms with Gasteiger partial charge in [0.05, 0.1) is 0 Å².